The summed E-state index contributed by atoms with van der Waals surface area (Å²) in [5.41, 5.74) is 2.56. The molecule has 5 nitrogen and oxygen atoms in total. The van der Waals surface area contributed by atoms with Crippen molar-refractivity contribution in [3.8, 4) is 0 Å². The first kappa shape index (κ1) is 13.6. The average Bonchev–Trinajstić information content (AvgIpc) is 3.23. The molecule has 5 heteroatoms. The van der Waals surface area contributed by atoms with Crippen LogP contribution in [0.5, 0.6) is 0 Å². The number of carbonyl (C=O) groups is 1. The van der Waals surface area contributed by atoms with Gasteiger partial charge in [-0.15, -0.1) is 0 Å². The summed E-state index contributed by atoms with van der Waals surface area (Å²) in [6.45, 7) is 6.58. The molecule has 0 aromatic carbocycles. The number of rotatable bonds is 5. The zero-order valence-electron chi connectivity index (χ0n) is 12.4. The maximum Gasteiger partial charge on any atom is 0.237 e. The van der Waals surface area contributed by atoms with Gasteiger partial charge in [-0.25, -0.2) is 4.98 Å². The summed E-state index contributed by atoms with van der Waals surface area (Å²) in [5.74, 6) is 0.136. The standard InChI is InChI=1S/C15H24N4O/c1-3-7-16-15(20)11(2)18-8-6-14-13(9-18)17-10-19(14)12-4-5-12/h10-12H,3-9H2,1-2H3,(H,16,20). The number of aromatic nitrogens is 2. The highest BCUT2D eigenvalue weighted by Crippen LogP contribution is 2.37. The molecule has 1 saturated carbocycles. The van der Waals surface area contributed by atoms with E-state index in [2.05, 4.69) is 26.7 Å². The summed E-state index contributed by atoms with van der Waals surface area (Å²) < 4.78 is 2.36. The summed E-state index contributed by atoms with van der Waals surface area (Å²) in [6.07, 6.45) is 6.57. The van der Waals surface area contributed by atoms with Crippen LogP contribution in [0.3, 0.4) is 0 Å². The second-order valence-electron chi connectivity index (χ2n) is 5.96. The van der Waals surface area contributed by atoms with E-state index in [1.165, 1.54) is 24.2 Å². The van der Waals surface area contributed by atoms with Gasteiger partial charge in [0.05, 0.1) is 18.1 Å². The first-order valence-electron chi connectivity index (χ1n) is 7.77. The Morgan fingerprint density at radius 2 is 2.35 bits per heavy atom. The fraction of sp³-hybridized carbons (Fsp3) is 0.733. The Morgan fingerprint density at radius 3 is 3.05 bits per heavy atom. The molecule has 20 heavy (non-hydrogen) atoms. The summed E-state index contributed by atoms with van der Waals surface area (Å²) in [5, 5.41) is 2.98. The Kier molecular flexibility index (Phi) is 3.78. The molecule has 110 valence electrons. The molecule has 1 amide bonds. The van der Waals surface area contributed by atoms with Crippen molar-refractivity contribution in [2.24, 2.45) is 0 Å². The summed E-state index contributed by atoms with van der Waals surface area (Å²) in [6, 6.07) is 0.629. The summed E-state index contributed by atoms with van der Waals surface area (Å²) in [7, 11) is 0. The lowest BCUT2D eigenvalue weighted by molar-refractivity contribution is -0.126. The van der Waals surface area contributed by atoms with E-state index in [9.17, 15) is 4.79 Å². The molecule has 1 atom stereocenters. The quantitative estimate of drug-likeness (QED) is 0.886. The molecule has 1 aliphatic heterocycles. The summed E-state index contributed by atoms with van der Waals surface area (Å²) >= 11 is 0. The van der Waals surface area contributed by atoms with Gasteiger partial charge in [0.25, 0.3) is 0 Å². The molecule has 0 radical (unpaired) electrons. The zero-order valence-corrected chi connectivity index (χ0v) is 12.4. The van der Waals surface area contributed by atoms with Crippen LogP contribution in [-0.2, 0) is 17.8 Å². The molecule has 1 aromatic heterocycles. The Hall–Kier alpha value is -1.36. The lowest BCUT2D eigenvalue weighted by atomic mass is 10.1. The van der Waals surface area contributed by atoms with Gasteiger partial charge in [-0.2, -0.15) is 0 Å². The van der Waals surface area contributed by atoms with Gasteiger partial charge in [0, 0.05) is 37.8 Å². The van der Waals surface area contributed by atoms with Crippen LogP contribution in [0.25, 0.3) is 0 Å². The van der Waals surface area contributed by atoms with E-state index in [4.69, 9.17) is 0 Å². The van der Waals surface area contributed by atoms with Crippen LogP contribution in [0.2, 0.25) is 0 Å². The van der Waals surface area contributed by atoms with Gasteiger partial charge >= 0.3 is 0 Å². The highest BCUT2D eigenvalue weighted by molar-refractivity contribution is 5.81. The minimum atomic E-state index is -0.0687. The Balaban J connectivity index is 1.64. The fourth-order valence-electron chi connectivity index (χ4n) is 2.91. The minimum absolute atomic E-state index is 0.0687. The van der Waals surface area contributed by atoms with Crippen molar-refractivity contribution in [2.45, 2.75) is 58.2 Å². The maximum absolute atomic E-state index is 12.1. The van der Waals surface area contributed by atoms with E-state index in [0.717, 1.165) is 32.5 Å². The van der Waals surface area contributed by atoms with Gasteiger partial charge in [-0.1, -0.05) is 6.92 Å². The third kappa shape index (κ3) is 2.59. The molecule has 2 heterocycles. The van der Waals surface area contributed by atoms with Gasteiger partial charge in [0.1, 0.15) is 0 Å². The van der Waals surface area contributed by atoms with E-state index in [0.29, 0.717) is 6.04 Å². The number of imidazole rings is 1. The molecule has 0 bridgehead atoms. The van der Waals surface area contributed by atoms with Gasteiger partial charge in [0.2, 0.25) is 5.91 Å². The summed E-state index contributed by atoms with van der Waals surface area (Å²) in [4.78, 5) is 18.9. The van der Waals surface area contributed by atoms with Crippen LogP contribution < -0.4 is 5.32 Å². The number of amides is 1. The number of carbonyl (C=O) groups excluding carboxylic acids is 1. The van der Waals surface area contributed by atoms with Crippen molar-refractivity contribution in [1.29, 1.82) is 0 Å². The van der Waals surface area contributed by atoms with Gasteiger partial charge in [-0.3, -0.25) is 9.69 Å². The number of hydrogen-bond donors (Lipinski definition) is 1. The van der Waals surface area contributed by atoms with Crippen molar-refractivity contribution >= 4 is 5.91 Å². The first-order valence-corrected chi connectivity index (χ1v) is 7.77. The van der Waals surface area contributed by atoms with Crippen LogP contribution in [0.15, 0.2) is 6.33 Å². The van der Waals surface area contributed by atoms with Crippen molar-refractivity contribution in [3.05, 3.63) is 17.7 Å². The third-order valence-corrected chi connectivity index (χ3v) is 4.39. The molecule has 1 aliphatic carbocycles. The highest BCUT2D eigenvalue weighted by atomic mass is 16.2. The molecule has 1 fully saturated rings. The van der Waals surface area contributed by atoms with E-state index in [-0.39, 0.29) is 11.9 Å². The largest absolute Gasteiger partial charge is 0.355 e. The van der Waals surface area contributed by atoms with Crippen molar-refractivity contribution in [1.82, 2.24) is 19.8 Å². The van der Waals surface area contributed by atoms with Crippen molar-refractivity contribution < 1.29 is 4.79 Å². The minimum Gasteiger partial charge on any atom is -0.355 e. The molecule has 1 N–H and O–H groups in total. The second-order valence-corrected chi connectivity index (χ2v) is 5.96. The van der Waals surface area contributed by atoms with Gasteiger partial charge in [-0.05, 0) is 26.2 Å². The zero-order chi connectivity index (χ0) is 14.1. The van der Waals surface area contributed by atoms with E-state index in [1.807, 2.05) is 13.3 Å². The van der Waals surface area contributed by atoms with Gasteiger partial charge in [0.15, 0.2) is 0 Å². The number of hydrogen-bond acceptors (Lipinski definition) is 3. The van der Waals surface area contributed by atoms with Gasteiger partial charge < -0.3 is 9.88 Å². The van der Waals surface area contributed by atoms with E-state index < -0.39 is 0 Å². The fourth-order valence-corrected chi connectivity index (χ4v) is 2.91. The maximum atomic E-state index is 12.1. The Morgan fingerprint density at radius 1 is 1.55 bits per heavy atom. The van der Waals surface area contributed by atoms with Crippen molar-refractivity contribution in [3.63, 3.8) is 0 Å². The molecule has 1 unspecified atom stereocenters. The lowest BCUT2D eigenvalue weighted by Gasteiger charge is -2.31. The molecule has 2 aliphatic rings. The smallest absolute Gasteiger partial charge is 0.237 e. The third-order valence-electron chi connectivity index (χ3n) is 4.39. The van der Waals surface area contributed by atoms with Crippen LogP contribution in [0.4, 0.5) is 0 Å². The van der Waals surface area contributed by atoms with E-state index in [1.54, 1.807) is 0 Å². The molecular weight excluding hydrogens is 252 g/mol. The van der Waals surface area contributed by atoms with E-state index >= 15 is 0 Å². The average molecular weight is 276 g/mol. The predicted molar refractivity (Wildman–Crippen MR) is 77.4 cm³/mol. The number of fused-ring (bicyclic) bond motifs is 1. The lowest BCUT2D eigenvalue weighted by Crippen LogP contribution is -2.47. The molecule has 0 spiro atoms. The van der Waals surface area contributed by atoms with Crippen LogP contribution in [0, 0.1) is 0 Å². The van der Waals surface area contributed by atoms with Crippen molar-refractivity contribution in [2.75, 3.05) is 13.1 Å². The number of nitrogens with one attached hydrogen (secondary N) is 1. The predicted octanol–water partition coefficient (Wildman–Crippen LogP) is 1.49. The molecule has 0 saturated heterocycles. The second kappa shape index (κ2) is 5.56. The highest BCUT2D eigenvalue weighted by Gasteiger charge is 2.31. The molecule has 1 aromatic rings. The van der Waals surface area contributed by atoms with Crippen LogP contribution in [0.1, 0.15) is 50.5 Å². The Bertz CT molecular complexity index is 492. The molecule has 3 rings (SSSR count). The monoisotopic (exact) mass is 276 g/mol. The number of nitrogens with zero attached hydrogens (tertiary/aromatic N) is 3. The van der Waals surface area contributed by atoms with Crippen LogP contribution >= 0.6 is 0 Å². The SMILES string of the molecule is CCCNC(=O)C(C)N1CCc2c(ncn2C2CC2)C1. The normalized spacial score (nSPS) is 20.5. The topological polar surface area (TPSA) is 50.2 Å². The molecular formula is C15H24N4O. The van der Waals surface area contributed by atoms with Crippen LogP contribution in [-0.4, -0.2) is 39.5 Å². The Labute approximate surface area is 120 Å². The first-order chi connectivity index (χ1) is 9.70.